The number of likely N-dealkylation sites (tertiary alicyclic amines) is 1. The Kier molecular flexibility index (Phi) is 2.83. The van der Waals surface area contributed by atoms with Crippen molar-refractivity contribution in [3.63, 3.8) is 0 Å². The van der Waals surface area contributed by atoms with Crippen molar-refractivity contribution < 1.29 is 14.7 Å². The fraction of sp³-hybridized carbons (Fsp3) is 0.417. The van der Waals surface area contributed by atoms with E-state index in [2.05, 4.69) is 4.98 Å². The number of aliphatic carboxylic acids is 1. The van der Waals surface area contributed by atoms with E-state index >= 15 is 0 Å². The summed E-state index contributed by atoms with van der Waals surface area (Å²) in [5, 5.41) is 8.74. The van der Waals surface area contributed by atoms with Crippen LogP contribution in [0.5, 0.6) is 0 Å². The first kappa shape index (κ1) is 11.6. The summed E-state index contributed by atoms with van der Waals surface area (Å²) >= 11 is 0. The summed E-state index contributed by atoms with van der Waals surface area (Å²) in [6.07, 6.45) is 0. The smallest absolute Gasteiger partial charge is 0.310 e. The van der Waals surface area contributed by atoms with Gasteiger partial charge in [-0.05, 0) is 26.0 Å². The molecule has 1 amide bonds. The molecular formula is C12H14N2O3. The summed E-state index contributed by atoms with van der Waals surface area (Å²) in [6, 6.07) is 3.53. The minimum absolute atomic E-state index is 0.132. The van der Waals surface area contributed by atoms with E-state index in [1.165, 1.54) is 4.90 Å². The molecule has 0 spiro atoms. The topological polar surface area (TPSA) is 70.5 Å². The lowest BCUT2D eigenvalue weighted by Crippen LogP contribution is -2.53. The average molecular weight is 234 g/mol. The lowest BCUT2D eigenvalue weighted by Gasteiger charge is -2.36. The van der Waals surface area contributed by atoms with Crippen molar-refractivity contribution in [2.45, 2.75) is 13.8 Å². The molecule has 0 unspecified atom stereocenters. The van der Waals surface area contributed by atoms with Gasteiger partial charge in [-0.2, -0.15) is 0 Å². The molecule has 5 heteroatoms. The first-order valence-corrected chi connectivity index (χ1v) is 5.45. The van der Waals surface area contributed by atoms with E-state index in [0.717, 1.165) is 5.69 Å². The number of carboxylic acid groups (broad SMARTS) is 1. The number of aromatic nitrogens is 1. The predicted molar refractivity (Wildman–Crippen MR) is 60.7 cm³/mol. The Morgan fingerprint density at radius 1 is 1.35 bits per heavy atom. The molecule has 0 atom stereocenters. The Hall–Kier alpha value is -1.91. The minimum Gasteiger partial charge on any atom is -0.481 e. The summed E-state index contributed by atoms with van der Waals surface area (Å²) in [6.45, 7) is 4.24. The van der Waals surface area contributed by atoms with Gasteiger partial charge in [0, 0.05) is 18.8 Å². The standard InChI is InChI=1S/C12H14N2O3/c1-7-3-4-10(8(2)13-7)11(15)14-5-9(6-14)12(16)17/h3-4,9H,5-6H2,1-2H3,(H,16,17). The number of carbonyl (C=O) groups excluding carboxylic acids is 1. The van der Waals surface area contributed by atoms with E-state index in [4.69, 9.17) is 5.11 Å². The fourth-order valence-corrected chi connectivity index (χ4v) is 1.88. The van der Waals surface area contributed by atoms with Gasteiger partial charge in [-0.3, -0.25) is 14.6 Å². The van der Waals surface area contributed by atoms with Gasteiger partial charge in [-0.15, -0.1) is 0 Å². The zero-order valence-electron chi connectivity index (χ0n) is 9.80. The van der Waals surface area contributed by atoms with Gasteiger partial charge < -0.3 is 10.0 Å². The lowest BCUT2D eigenvalue weighted by molar-refractivity contribution is -0.146. The molecule has 0 bridgehead atoms. The Morgan fingerprint density at radius 2 is 2.00 bits per heavy atom. The second-order valence-corrected chi connectivity index (χ2v) is 4.33. The van der Waals surface area contributed by atoms with Crippen LogP contribution in [-0.4, -0.2) is 40.0 Å². The Bertz CT molecular complexity index is 479. The van der Waals surface area contributed by atoms with Crippen molar-refractivity contribution in [3.05, 3.63) is 29.1 Å². The van der Waals surface area contributed by atoms with Crippen molar-refractivity contribution in [1.82, 2.24) is 9.88 Å². The Balaban J connectivity index is 2.09. The fourth-order valence-electron chi connectivity index (χ4n) is 1.88. The Morgan fingerprint density at radius 3 is 2.53 bits per heavy atom. The van der Waals surface area contributed by atoms with Crippen LogP contribution < -0.4 is 0 Å². The highest BCUT2D eigenvalue weighted by molar-refractivity contribution is 5.96. The third kappa shape index (κ3) is 2.13. The van der Waals surface area contributed by atoms with Crippen LogP contribution in [0.25, 0.3) is 0 Å². The molecule has 1 fully saturated rings. The van der Waals surface area contributed by atoms with Crippen molar-refractivity contribution in [2.24, 2.45) is 5.92 Å². The van der Waals surface area contributed by atoms with Gasteiger partial charge in [0.2, 0.25) is 0 Å². The molecule has 2 heterocycles. The molecule has 1 aromatic heterocycles. The number of amides is 1. The zero-order chi connectivity index (χ0) is 12.6. The number of hydrogen-bond donors (Lipinski definition) is 1. The number of carbonyl (C=O) groups is 2. The van der Waals surface area contributed by atoms with Crippen LogP contribution in [0.3, 0.4) is 0 Å². The van der Waals surface area contributed by atoms with E-state index in [1.807, 2.05) is 6.92 Å². The first-order valence-electron chi connectivity index (χ1n) is 5.45. The summed E-state index contributed by atoms with van der Waals surface area (Å²) in [4.78, 5) is 28.4. The zero-order valence-corrected chi connectivity index (χ0v) is 9.80. The third-order valence-corrected chi connectivity index (χ3v) is 2.97. The first-order chi connectivity index (χ1) is 7.99. The van der Waals surface area contributed by atoms with Gasteiger partial charge >= 0.3 is 5.97 Å². The molecular weight excluding hydrogens is 220 g/mol. The summed E-state index contributed by atoms with van der Waals surface area (Å²) in [5.74, 6) is -1.39. The van der Waals surface area contributed by atoms with Gasteiger partial charge in [0.1, 0.15) is 0 Å². The van der Waals surface area contributed by atoms with Crippen LogP contribution in [0, 0.1) is 19.8 Å². The summed E-state index contributed by atoms with van der Waals surface area (Å²) in [7, 11) is 0. The Labute approximate surface area is 99.1 Å². The van der Waals surface area contributed by atoms with Gasteiger partial charge in [0.05, 0.1) is 17.2 Å². The highest BCUT2D eigenvalue weighted by Crippen LogP contribution is 2.20. The molecule has 0 aliphatic carbocycles. The van der Waals surface area contributed by atoms with E-state index < -0.39 is 11.9 Å². The molecule has 2 rings (SSSR count). The summed E-state index contributed by atoms with van der Waals surface area (Å²) < 4.78 is 0. The van der Waals surface area contributed by atoms with Crippen LogP contribution in [0.15, 0.2) is 12.1 Å². The molecule has 1 aliphatic rings. The van der Waals surface area contributed by atoms with E-state index in [0.29, 0.717) is 24.3 Å². The molecule has 1 aromatic rings. The third-order valence-electron chi connectivity index (χ3n) is 2.97. The highest BCUT2D eigenvalue weighted by Gasteiger charge is 2.36. The second kappa shape index (κ2) is 4.16. The van der Waals surface area contributed by atoms with Crippen molar-refractivity contribution in [2.75, 3.05) is 13.1 Å². The van der Waals surface area contributed by atoms with Crippen molar-refractivity contribution >= 4 is 11.9 Å². The largest absolute Gasteiger partial charge is 0.481 e. The minimum atomic E-state index is -0.840. The molecule has 1 N–H and O–H groups in total. The maximum absolute atomic E-state index is 12.0. The molecule has 0 saturated carbocycles. The predicted octanol–water partition coefficient (Wildman–Crippen LogP) is 0.855. The highest BCUT2D eigenvalue weighted by atomic mass is 16.4. The van der Waals surface area contributed by atoms with Gasteiger partial charge in [-0.25, -0.2) is 0 Å². The van der Waals surface area contributed by atoms with Gasteiger partial charge in [-0.1, -0.05) is 0 Å². The second-order valence-electron chi connectivity index (χ2n) is 4.33. The monoisotopic (exact) mass is 234 g/mol. The molecule has 17 heavy (non-hydrogen) atoms. The molecule has 0 radical (unpaired) electrons. The van der Waals surface area contributed by atoms with Crippen LogP contribution in [0.2, 0.25) is 0 Å². The molecule has 5 nitrogen and oxygen atoms in total. The summed E-state index contributed by atoms with van der Waals surface area (Å²) in [5.41, 5.74) is 2.11. The van der Waals surface area contributed by atoms with Crippen LogP contribution in [0.4, 0.5) is 0 Å². The number of pyridine rings is 1. The maximum atomic E-state index is 12.0. The van der Waals surface area contributed by atoms with E-state index in [-0.39, 0.29) is 5.91 Å². The number of rotatable bonds is 2. The van der Waals surface area contributed by atoms with Crippen molar-refractivity contribution in [1.29, 1.82) is 0 Å². The normalized spacial score (nSPS) is 15.5. The van der Waals surface area contributed by atoms with Crippen LogP contribution in [-0.2, 0) is 4.79 Å². The van der Waals surface area contributed by atoms with Crippen molar-refractivity contribution in [3.8, 4) is 0 Å². The average Bonchev–Trinajstić information content (AvgIpc) is 2.13. The number of hydrogen-bond acceptors (Lipinski definition) is 3. The number of nitrogens with zero attached hydrogens (tertiary/aromatic N) is 2. The molecule has 1 saturated heterocycles. The maximum Gasteiger partial charge on any atom is 0.310 e. The van der Waals surface area contributed by atoms with Crippen LogP contribution >= 0.6 is 0 Å². The quantitative estimate of drug-likeness (QED) is 0.823. The van der Waals surface area contributed by atoms with Gasteiger partial charge in [0.15, 0.2) is 0 Å². The lowest BCUT2D eigenvalue weighted by atomic mass is 9.99. The molecule has 90 valence electrons. The number of carboxylic acids is 1. The van der Waals surface area contributed by atoms with Crippen LogP contribution in [0.1, 0.15) is 21.7 Å². The van der Waals surface area contributed by atoms with E-state index in [9.17, 15) is 9.59 Å². The van der Waals surface area contributed by atoms with E-state index in [1.54, 1.807) is 19.1 Å². The SMILES string of the molecule is Cc1ccc(C(=O)N2CC(C(=O)O)C2)c(C)n1. The van der Waals surface area contributed by atoms with Gasteiger partial charge in [0.25, 0.3) is 5.91 Å². The number of aryl methyl sites for hydroxylation is 2. The molecule has 1 aliphatic heterocycles. The molecule has 0 aromatic carbocycles.